The third-order valence-electron chi connectivity index (χ3n) is 7.97. The molecule has 0 aliphatic heterocycles. The molecule has 0 amide bonds. The zero-order valence-electron chi connectivity index (χ0n) is 25.0. The summed E-state index contributed by atoms with van der Waals surface area (Å²) in [5.74, 6) is 1.97. The van der Waals surface area contributed by atoms with Crippen molar-refractivity contribution < 1.29 is 9.47 Å². The van der Waals surface area contributed by atoms with Gasteiger partial charge >= 0.3 is 0 Å². The summed E-state index contributed by atoms with van der Waals surface area (Å²) in [6.07, 6.45) is 10.1. The van der Waals surface area contributed by atoms with Crippen molar-refractivity contribution in [1.29, 1.82) is 5.26 Å². The Morgan fingerprint density at radius 1 is 1.09 bits per heavy atom. The molecule has 12 nitrogen and oxygen atoms in total. The van der Waals surface area contributed by atoms with Gasteiger partial charge in [0.2, 0.25) is 5.95 Å². The first-order chi connectivity index (χ1) is 21.3. The van der Waals surface area contributed by atoms with E-state index in [-0.39, 0.29) is 17.6 Å². The number of ether oxygens (including phenoxy) is 2. The number of imidazole rings is 1. The van der Waals surface area contributed by atoms with Crippen molar-refractivity contribution in [2.75, 3.05) is 5.32 Å². The fourth-order valence-corrected chi connectivity index (χ4v) is 5.53. The number of hydrogen-bond donors (Lipinski definition) is 1. The molecule has 0 atom stereocenters. The normalized spacial score (nSPS) is 16.6. The van der Waals surface area contributed by atoms with E-state index in [1.54, 1.807) is 33.9 Å². The second kappa shape index (κ2) is 10.8. The molecule has 222 valence electrons. The second-order valence-corrected chi connectivity index (χ2v) is 12.1. The van der Waals surface area contributed by atoms with Crippen LogP contribution in [0.1, 0.15) is 56.5 Å². The molecule has 1 aliphatic rings. The first kappa shape index (κ1) is 27.5. The van der Waals surface area contributed by atoms with Crippen molar-refractivity contribution in [3.8, 4) is 17.6 Å². The number of rotatable bonds is 8. The van der Waals surface area contributed by atoms with Gasteiger partial charge in [-0.3, -0.25) is 9.67 Å². The Morgan fingerprint density at radius 2 is 1.91 bits per heavy atom. The van der Waals surface area contributed by atoms with Crippen molar-refractivity contribution in [3.63, 3.8) is 0 Å². The van der Waals surface area contributed by atoms with Gasteiger partial charge in [0.25, 0.3) is 0 Å². The molecule has 0 radical (unpaired) electrons. The van der Waals surface area contributed by atoms with Gasteiger partial charge in [-0.25, -0.2) is 9.50 Å². The van der Waals surface area contributed by atoms with Crippen molar-refractivity contribution in [3.05, 3.63) is 84.2 Å². The second-order valence-electron chi connectivity index (χ2n) is 12.1. The number of nitrogens with one attached hydrogen (secondary N) is 1. The van der Waals surface area contributed by atoms with E-state index in [2.05, 4.69) is 75.1 Å². The number of nitriles is 1. The summed E-state index contributed by atoms with van der Waals surface area (Å²) in [4.78, 5) is 13.3. The molecule has 1 saturated carbocycles. The molecule has 0 saturated heterocycles. The maximum atomic E-state index is 10.2. The number of nitrogens with zero attached hydrogens (tertiary/aromatic N) is 9. The van der Waals surface area contributed by atoms with Crippen molar-refractivity contribution in [2.45, 2.75) is 57.8 Å². The van der Waals surface area contributed by atoms with Crippen LogP contribution in [-0.2, 0) is 23.8 Å². The molecule has 0 bridgehead atoms. The van der Waals surface area contributed by atoms with Gasteiger partial charge in [-0.15, -0.1) is 0 Å². The topological polar surface area (TPSA) is 133 Å². The zero-order chi connectivity index (χ0) is 30.4. The van der Waals surface area contributed by atoms with E-state index in [1.165, 1.54) is 11.8 Å². The molecule has 44 heavy (non-hydrogen) atoms. The summed E-state index contributed by atoms with van der Waals surface area (Å²) in [6.45, 7) is 7.18. The lowest BCUT2D eigenvalue weighted by Crippen LogP contribution is -2.36. The molecular weight excluding hydrogens is 556 g/mol. The Hall–Kier alpha value is -5.28. The van der Waals surface area contributed by atoms with E-state index in [1.807, 2.05) is 25.2 Å². The highest BCUT2D eigenvalue weighted by Gasteiger charge is 2.35. The van der Waals surface area contributed by atoms with E-state index in [0.29, 0.717) is 52.1 Å². The van der Waals surface area contributed by atoms with Gasteiger partial charge in [0.15, 0.2) is 23.0 Å². The van der Waals surface area contributed by atoms with Crippen molar-refractivity contribution >= 4 is 28.4 Å². The van der Waals surface area contributed by atoms with Crippen LogP contribution in [0.4, 0.5) is 11.8 Å². The number of aryl methyl sites for hydroxylation is 1. The quantitative estimate of drug-likeness (QED) is 0.233. The van der Waals surface area contributed by atoms with Gasteiger partial charge in [-0.1, -0.05) is 51.1 Å². The molecule has 0 unspecified atom stereocenters. The Balaban J connectivity index is 1.13. The predicted octanol–water partition coefficient (Wildman–Crippen LogP) is 5.83. The largest absolute Gasteiger partial charge is 0.450 e. The van der Waals surface area contributed by atoms with E-state index in [4.69, 9.17) is 14.6 Å². The molecule has 6 aromatic rings. The molecule has 5 heterocycles. The van der Waals surface area contributed by atoms with Gasteiger partial charge < -0.3 is 19.4 Å². The lowest BCUT2D eigenvalue weighted by molar-refractivity contribution is -0.0394. The summed E-state index contributed by atoms with van der Waals surface area (Å²) in [7, 11) is 1.84. The summed E-state index contributed by atoms with van der Waals surface area (Å²) >= 11 is 0. The Kier molecular flexibility index (Phi) is 6.74. The van der Waals surface area contributed by atoms with Crippen LogP contribution in [0, 0.1) is 11.3 Å². The Morgan fingerprint density at radius 3 is 2.68 bits per heavy atom. The van der Waals surface area contributed by atoms with Gasteiger partial charge in [-0.2, -0.15) is 20.4 Å². The summed E-state index contributed by atoms with van der Waals surface area (Å²) in [6, 6.07) is 14.9. The fraction of sp³-hybridized carbons (Fsp3) is 0.312. The van der Waals surface area contributed by atoms with Crippen LogP contribution in [0.15, 0.2) is 67.4 Å². The molecule has 1 aromatic carbocycles. The smallest absolute Gasteiger partial charge is 0.210 e. The van der Waals surface area contributed by atoms with E-state index < -0.39 is 0 Å². The van der Waals surface area contributed by atoms with Crippen LogP contribution < -0.4 is 10.1 Å². The lowest BCUT2D eigenvalue weighted by atomic mass is 9.86. The minimum absolute atomic E-state index is 0.120. The van der Waals surface area contributed by atoms with Gasteiger partial charge in [-0.05, 0) is 18.4 Å². The van der Waals surface area contributed by atoms with Crippen LogP contribution in [0.2, 0.25) is 0 Å². The molecule has 1 fully saturated rings. The lowest BCUT2D eigenvalue weighted by Gasteiger charge is -2.37. The van der Waals surface area contributed by atoms with E-state index >= 15 is 0 Å². The van der Waals surface area contributed by atoms with Crippen LogP contribution in [-0.4, -0.2) is 45.0 Å². The summed E-state index contributed by atoms with van der Waals surface area (Å²) < 4.78 is 17.8. The monoisotopic (exact) mass is 588 g/mol. The maximum absolute atomic E-state index is 10.2. The number of fused-ring (bicyclic) bond motifs is 2. The third kappa shape index (κ3) is 5.01. The molecule has 1 N–H and O–H groups in total. The molecule has 12 heteroatoms. The first-order valence-electron chi connectivity index (χ1n) is 14.5. The van der Waals surface area contributed by atoms with Gasteiger partial charge in [0, 0.05) is 36.6 Å². The predicted molar refractivity (Wildman–Crippen MR) is 164 cm³/mol. The van der Waals surface area contributed by atoms with Crippen molar-refractivity contribution in [2.24, 2.45) is 7.05 Å². The third-order valence-corrected chi connectivity index (χ3v) is 7.97. The number of anilines is 2. The Bertz CT molecular complexity index is 2010. The molecule has 7 rings (SSSR count). The zero-order valence-corrected chi connectivity index (χ0v) is 25.0. The highest BCUT2D eigenvalue weighted by molar-refractivity contribution is 5.84. The van der Waals surface area contributed by atoms with Crippen LogP contribution in [0.25, 0.3) is 16.7 Å². The standard InChI is InChI=1S/C32H32N10O2/c1-32(2,3)27-14-28(39-42(27)21-12-22(13-21)43-19-20-8-6-5-7-9-20)37-31-38-30-29(40(31)4)23(15-33)25(17-35-30)44-26-18-36-41-11-10-34-16-24(26)41/h5-11,14,16-18,21-22H,12-13,19H2,1-4H3,(H,35,37,38,39). The summed E-state index contributed by atoms with van der Waals surface area (Å²) in [5.41, 5.74) is 4.15. The first-order valence-corrected chi connectivity index (χ1v) is 14.5. The SMILES string of the molecule is Cn1c(Nc2cc(C(C)(C)C)n(C3CC(OCc4ccccc4)C3)n2)nc2ncc(Oc3cnn4ccncc34)c(C#N)c21. The van der Waals surface area contributed by atoms with E-state index in [9.17, 15) is 5.26 Å². The van der Waals surface area contributed by atoms with Crippen LogP contribution >= 0.6 is 0 Å². The summed E-state index contributed by atoms with van der Waals surface area (Å²) in [5, 5.41) is 22.8. The minimum Gasteiger partial charge on any atom is -0.450 e. The molecule has 1 aliphatic carbocycles. The minimum atomic E-state index is -0.120. The number of pyridine rings is 1. The number of benzene rings is 1. The van der Waals surface area contributed by atoms with Crippen molar-refractivity contribution in [1.82, 2.24) is 38.9 Å². The number of hydrogen-bond acceptors (Lipinski definition) is 9. The van der Waals surface area contributed by atoms with Gasteiger partial charge in [0.05, 0.1) is 37.3 Å². The maximum Gasteiger partial charge on any atom is 0.210 e. The van der Waals surface area contributed by atoms with Crippen LogP contribution in [0.3, 0.4) is 0 Å². The molecule has 0 spiro atoms. The van der Waals surface area contributed by atoms with Gasteiger partial charge in [0.1, 0.15) is 22.7 Å². The number of aromatic nitrogens is 8. The average Bonchev–Trinajstić information content (AvgIpc) is 3.69. The van der Waals surface area contributed by atoms with E-state index in [0.717, 1.165) is 18.5 Å². The molecular formula is C32H32N10O2. The average molecular weight is 589 g/mol. The highest BCUT2D eigenvalue weighted by atomic mass is 16.5. The van der Waals surface area contributed by atoms with Crippen LogP contribution in [0.5, 0.6) is 11.5 Å². The fourth-order valence-electron chi connectivity index (χ4n) is 5.53. The molecule has 5 aromatic heterocycles. The highest BCUT2D eigenvalue weighted by Crippen LogP contribution is 2.39. The Labute approximate surface area is 253 Å².